The third-order valence-electron chi connectivity index (χ3n) is 3.91. The summed E-state index contributed by atoms with van der Waals surface area (Å²) in [4.78, 5) is 28.2. The van der Waals surface area contributed by atoms with Gasteiger partial charge in [0.15, 0.2) is 11.5 Å². The Balaban J connectivity index is 2.44. The van der Waals surface area contributed by atoms with Crippen LogP contribution >= 0.6 is 0 Å². The second-order valence-electron chi connectivity index (χ2n) is 5.91. The monoisotopic (exact) mass is 352 g/mol. The number of aromatic nitrogens is 1. The number of ketones is 1. The van der Waals surface area contributed by atoms with Crippen LogP contribution in [0.4, 0.5) is 0 Å². The molecule has 2 rings (SSSR count). The van der Waals surface area contributed by atoms with Gasteiger partial charge < -0.3 is 9.84 Å². The van der Waals surface area contributed by atoms with E-state index in [4.69, 9.17) is 4.74 Å². The third-order valence-corrected chi connectivity index (χ3v) is 3.91. The zero-order valence-electron chi connectivity index (χ0n) is 15.0. The fraction of sp³-hybridized carbons (Fsp3) is 0.300. The van der Waals surface area contributed by atoms with Crippen molar-refractivity contribution in [3.05, 3.63) is 46.6 Å². The molecular formula is C20H20N2O4. The summed E-state index contributed by atoms with van der Waals surface area (Å²) < 4.78 is 4.80. The zero-order chi connectivity index (χ0) is 19.3. The van der Waals surface area contributed by atoms with E-state index in [0.29, 0.717) is 5.69 Å². The Morgan fingerprint density at radius 3 is 2.62 bits per heavy atom. The molecule has 0 aliphatic rings. The molecular weight excluding hydrogens is 332 g/mol. The maximum absolute atomic E-state index is 12.4. The number of rotatable bonds is 6. The van der Waals surface area contributed by atoms with Crippen molar-refractivity contribution in [2.75, 3.05) is 6.61 Å². The molecule has 6 nitrogen and oxygen atoms in total. The van der Waals surface area contributed by atoms with E-state index in [1.807, 2.05) is 38.1 Å². The first-order valence-corrected chi connectivity index (χ1v) is 8.28. The zero-order valence-corrected chi connectivity index (χ0v) is 15.0. The second kappa shape index (κ2) is 8.26. The van der Waals surface area contributed by atoms with Crippen LogP contribution in [-0.4, -0.2) is 28.4 Å². The number of carbonyl (C=O) groups excluding carboxylic acids is 2. The highest BCUT2D eigenvalue weighted by atomic mass is 16.5. The van der Waals surface area contributed by atoms with Gasteiger partial charge in [-0.2, -0.15) is 5.26 Å². The van der Waals surface area contributed by atoms with E-state index in [-0.39, 0.29) is 30.7 Å². The molecule has 0 aliphatic carbocycles. The summed E-state index contributed by atoms with van der Waals surface area (Å²) >= 11 is 0. The van der Waals surface area contributed by atoms with Crippen LogP contribution in [0.15, 0.2) is 24.3 Å². The second-order valence-corrected chi connectivity index (χ2v) is 5.91. The topological polar surface area (TPSA) is 100 Å². The molecule has 1 N–H and O–H groups in total. The maximum atomic E-state index is 12.4. The number of pyridine rings is 1. The predicted octanol–water partition coefficient (Wildman–Crippen LogP) is 3.47. The molecule has 0 saturated heterocycles. The van der Waals surface area contributed by atoms with Gasteiger partial charge in [0.2, 0.25) is 0 Å². The minimum atomic E-state index is -0.515. The highest BCUT2D eigenvalue weighted by molar-refractivity contribution is 5.99. The molecule has 1 aromatic carbocycles. The molecule has 0 unspecified atom stereocenters. The molecule has 0 atom stereocenters. The Bertz CT molecular complexity index is 897. The molecule has 6 heteroatoms. The molecule has 26 heavy (non-hydrogen) atoms. The van der Waals surface area contributed by atoms with Crippen molar-refractivity contribution < 1.29 is 19.4 Å². The minimum absolute atomic E-state index is 0.0320. The largest absolute Gasteiger partial charge is 0.504 e. The number of nitrogens with zero attached hydrogens (tertiary/aromatic N) is 2. The highest BCUT2D eigenvalue weighted by Crippen LogP contribution is 2.30. The van der Waals surface area contributed by atoms with Crippen LogP contribution in [-0.2, 0) is 9.53 Å². The lowest BCUT2D eigenvalue weighted by Crippen LogP contribution is -2.10. The number of benzene rings is 1. The van der Waals surface area contributed by atoms with Crippen LogP contribution in [0, 0.1) is 25.2 Å². The summed E-state index contributed by atoms with van der Waals surface area (Å²) in [6.45, 7) is 5.74. The molecule has 0 aliphatic heterocycles. The number of carbonyl (C=O) groups is 2. The molecule has 0 bridgehead atoms. The van der Waals surface area contributed by atoms with Gasteiger partial charge in [-0.15, -0.1) is 0 Å². The fourth-order valence-electron chi connectivity index (χ4n) is 2.53. The van der Waals surface area contributed by atoms with E-state index in [2.05, 4.69) is 4.98 Å². The number of aromatic hydroxyl groups is 1. The first kappa shape index (κ1) is 19.1. The summed E-state index contributed by atoms with van der Waals surface area (Å²) in [5.74, 6) is -1.47. The van der Waals surface area contributed by atoms with Gasteiger partial charge in [0, 0.05) is 12.0 Å². The highest BCUT2D eigenvalue weighted by Gasteiger charge is 2.20. The smallest absolute Gasteiger partial charge is 0.306 e. The van der Waals surface area contributed by atoms with E-state index in [9.17, 15) is 20.0 Å². The van der Waals surface area contributed by atoms with Crippen LogP contribution in [0.5, 0.6) is 5.75 Å². The summed E-state index contributed by atoms with van der Waals surface area (Å²) in [6.07, 6.45) is -0.260. The molecule has 134 valence electrons. The van der Waals surface area contributed by atoms with E-state index in [1.165, 1.54) is 6.07 Å². The molecule has 0 radical (unpaired) electrons. The Hall–Kier alpha value is -3.20. The molecule has 2 aromatic rings. The normalized spacial score (nSPS) is 10.2. The predicted molar refractivity (Wildman–Crippen MR) is 95.7 cm³/mol. The standard InChI is InChI=1S/C20H20N2O4/c1-4-26-18(24)8-7-17(23)19-20(25)14(11-21)10-16(22-19)15-9-12(2)5-6-13(15)3/h5-6,9-10,25H,4,7-8H2,1-3H3. The number of hydrogen-bond acceptors (Lipinski definition) is 6. The van der Waals surface area contributed by atoms with Crippen molar-refractivity contribution in [1.82, 2.24) is 4.98 Å². The lowest BCUT2D eigenvalue weighted by Gasteiger charge is -2.11. The quantitative estimate of drug-likeness (QED) is 0.631. The minimum Gasteiger partial charge on any atom is -0.504 e. The van der Waals surface area contributed by atoms with Gasteiger partial charge in [-0.3, -0.25) is 9.59 Å². The molecule has 1 aromatic heterocycles. The van der Waals surface area contributed by atoms with Gasteiger partial charge in [-0.25, -0.2) is 4.98 Å². The third kappa shape index (κ3) is 4.25. The molecule has 0 saturated carbocycles. The van der Waals surface area contributed by atoms with Crippen LogP contribution in [0.25, 0.3) is 11.3 Å². The van der Waals surface area contributed by atoms with Crippen molar-refractivity contribution in [3.8, 4) is 23.1 Å². The van der Waals surface area contributed by atoms with E-state index < -0.39 is 17.5 Å². The summed E-state index contributed by atoms with van der Waals surface area (Å²) in [7, 11) is 0. The van der Waals surface area contributed by atoms with Gasteiger partial charge >= 0.3 is 5.97 Å². The number of ether oxygens (including phenoxy) is 1. The Labute approximate surface area is 152 Å². The maximum Gasteiger partial charge on any atom is 0.306 e. The number of aryl methyl sites for hydroxylation is 2. The van der Waals surface area contributed by atoms with E-state index in [1.54, 1.807) is 6.92 Å². The summed E-state index contributed by atoms with van der Waals surface area (Å²) in [5, 5.41) is 19.5. The average molecular weight is 352 g/mol. The Morgan fingerprint density at radius 2 is 1.96 bits per heavy atom. The summed E-state index contributed by atoms with van der Waals surface area (Å²) in [5.41, 5.74) is 2.91. The Morgan fingerprint density at radius 1 is 1.23 bits per heavy atom. The van der Waals surface area contributed by atoms with Gasteiger partial charge in [-0.05, 0) is 38.5 Å². The van der Waals surface area contributed by atoms with Crippen molar-refractivity contribution in [2.45, 2.75) is 33.6 Å². The molecule has 1 heterocycles. The van der Waals surface area contributed by atoms with Gasteiger partial charge in [0.25, 0.3) is 0 Å². The van der Waals surface area contributed by atoms with Crippen LogP contribution in [0.2, 0.25) is 0 Å². The van der Waals surface area contributed by atoms with Crippen molar-refractivity contribution in [2.24, 2.45) is 0 Å². The number of esters is 1. The first-order chi connectivity index (χ1) is 12.4. The van der Waals surface area contributed by atoms with Crippen molar-refractivity contribution >= 4 is 11.8 Å². The van der Waals surface area contributed by atoms with E-state index >= 15 is 0 Å². The Kier molecular flexibility index (Phi) is 6.07. The lowest BCUT2D eigenvalue weighted by molar-refractivity contribution is -0.143. The van der Waals surface area contributed by atoms with Gasteiger partial charge in [-0.1, -0.05) is 17.7 Å². The average Bonchev–Trinajstić information content (AvgIpc) is 2.62. The first-order valence-electron chi connectivity index (χ1n) is 8.28. The van der Waals surface area contributed by atoms with Crippen molar-refractivity contribution in [1.29, 1.82) is 5.26 Å². The number of Topliss-reactive ketones (excluding diaryl/α,β-unsaturated/α-hetero) is 1. The fourth-order valence-corrected chi connectivity index (χ4v) is 2.53. The lowest BCUT2D eigenvalue weighted by atomic mass is 9.99. The molecule has 0 spiro atoms. The molecule has 0 amide bonds. The summed E-state index contributed by atoms with van der Waals surface area (Å²) in [6, 6.07) is 9.13. The molecule has 0 fully saturated rings. The van der Waals surface area contributed by atoms with Gasteiger partial charge in [0.1, 0.15) is 11.8 Å². The van der Waals surface area contributed by atoms with Crippen molar-refractivity contribution in [3.63, 3.8) is 0 Å². The SMILES string of the molecule is CCOC(=O)CCC(=O)c1nc(-c2cc(C)ccc2C)cc(C#N)c1O. The number of nitriles is 1. The van der Waals surface area contributed by atoms with Crippen LogP contribution in [0.1, 0.15) is 46.9 Å². The van der Waals surface area contributed by atoms with E-state index in [0.717, 1.165) is 16.7 Å². The van der Waals surface area contributed by atoms with Gasteiger partial charge in [0.05, 0.1) is 24.3 Å². The van der Waals surface area contributed by atoms with Crippen LogP contribution < -0.4 is 0 Å². The number of hydrogen-bond donors (Lipinski definition) is 1. The van der Waals surface area contributed by atoms with Crippen LogP contribution in [0.3, 0.4) is 0 Å².